The van der Waals surface area contributed by atoms with Gasteiger partial charge in [-0.25, -0.2) is 20.0 Å². The van der Waals surface area contributed by atoms with Crippen LogP contribution in [0.4, 0.5) is 0 Å². The average molecular weight is 548 g/mol. The summed E-state index contributed by atoms with van der Waals surface area (Å²) in [5.41, 5.74) is 25.8. The van der Waals surface area contributed by atoms with Crippen molar-refractivity contribution in [3.8, 4) is 0 Å². The van der Waals surface area contributed by atoms with Crippen LogP contribution >= 0.6 is 0 Å². The lowest BCUT2D eigenvalue weighted by molar-refractivity contribution is 1.02. The van der Waals surface area contributed by atoms with Crippen molar-refractivity contribution in [2.45, 2.75) is 107 Å². The summed E-state index contributed by atoms with van der Waals surface area (Å²) in [6.45, 7) is 17.9. The maximum Gasteiger partial charge on any atom is 0.0924 e. The van der Waals surface area contributed by atoms with Gasteiger partial charge in [0.15, 0.2) is 0 Å². The first-order valence-electron chi connectivity index (χ1n) is 15.8. The summed E-state index contributed by atoms with van der Waals surface area (Å²) in [5, 5.41) is 0. The van der Waals surface area contributed by atoms with Gasteiger partial charge in [0.2, 0.25) is 0 Å². The number of fused-ring (bicyclic) bond motifs is 4. The van der Waals surface area contributed by atoms with Crippen molar-refractivity contribution >= 4 is 22.8 Å². The molecule has 2 N–H and O–H groups in total. The Morgan fingerprint density at radius 1 is 0.439 bits per heavy atom. The van der Waals surface area contributed by atoms with Gasteiger partial charge in [-0.05, 0) is 103 Å². The zero-order valence-corrected chi connectivity index (χ0v) is 26.3. The molecule has 0 saturated carbocycles. The minimum Gasteiger partial charge on any atom is -0.395 e. The lowest BCUT2D eigenvalue weighted by Crippen LogP contribution is -2.11. The molecule has 5 rings (SSSR count). The van der Waals surface area contributed by atoms with E-state index in [1.54, 1.807) is 0 Å². The van der Waals surface area contributed by atoms with Crippen LogP contribution in [-0.4, -0.2) is 22.8 Å². The third kappa shape index (κ3) is 4.54. The van der Waals surface area contributed by atoms with E-state index in [9.17, 15) is 0 Å². The van der Waals surface area contributed by atoms with Crippen LogP contribution in [-0.2, 0) is 0 Å². The van der Waals surface area contributed by atoms with Crippen LogP contribution in [0.2, 0.25) is 0 Å². The van der Waals surface area contributed by atoms with Gasteiger partial charge in [-0.3, -0.25) is 0 Å². The Morgan fingerprint density at radius 2 is 0.878 bits per heavy atom. The summed E-state index contributed by atoms with van der Waals surface area (Å²) < 4.78 is 0. The molecular formula is C36H45N5. The van der Waals surface area contributed by atoms with Crippen molar-refractivity contribution in [1.29, 1.82) is 0 Å². The van der Waals surface area contributed by atoms with Crippen LogP contribution in [0, 0.1) is 0 Å². The summed E-state index contributed by atoms with van der Waals surface area (Å²) in [4.78, 5) is 21.1. The van der Waals surface area contributed by atoms with Gasteiger partial charge < -0.3 is 5.73 Å². The molecule has 0 aromatic heterocycles. The number of allylic oxidation sites excluding steroid dienone is 11. The number of nitrogens with two attached hydrogens (primary N) is 1. The molecule has 0 radical (unpaired) electrons. The summed E-state index contributed by atoms with van der Waals surface area (Å²) in [6, 6.07) is 0. The standard InChI is InChI=1S/C36H45N5/c1-9-21-22(10-2)32-27(15-7)33-23(11-3)24(12-4)34(40-33)28(16-8)35-25(13-5)26(14-6)36(41-35)31(37)29-18-17-20(38-29)19-30(21)39-32/h17-19H,9-16,37H2,1-8H3. The van der Waals surface area contributed by atoms with Crippen LogP contribution < -0.4 is 5.73 Å². The first-order valence-corrected chi connectivity index (χ1v) is 15.8. The molecule has 5 heterocycles. The molecule has 5 heteroatoms. The van der Waals surface area contributed by atoms with Crippen LogP contribution in [0.25, 0.3) is 0 Å². The lowest BCUT2D eigenvalue weighted by Gasteiger charge is -2.14. The highest BCUT2D eigenvalue weighted by atomic mass is 14.9. The van der Waals surface area contributed by atoms with Crippen molar-refractivity contribution in [2.24, 2.45) is 25.7 Å². The molecule has 0 aromatic carbocycles. The first-order chi connectivity index (χ1) is 19.9. The van der Waals surface area contributed by atoms with Crippen molar-refractivity contribution < 1.29 is 0 Å². The van der Waals surface area contributed by atoms with E-state index in [-0.39, 0.29) is 0 Å². The van der Waals surface area contributed by atoms with Gasteiger partial charge in [-0.1, -0.05) is 55.4 Å². The fourth-order valence-corrected chi connectivity index (χ4v) is 7.02. The van der Waals surface area contributed by atoms with E-state index in [2.05, 4.69) is 67.5 Å². The molecule has 8 bridgehead atoms. The molecule has 5 aliphatic heterocycles. The van der Waals surface area contributed by atoms with E-state index >= 15 is 0 Å². The van der Waals surface area contributed by atoms with Crippen molar-refractivity contribution in [1.82, 2.24) is 0 Å². The Balaban J connectivity index is 1.94. The molecule has 5 aliphatic rings. The van der Waals surface area contributed by atoms with E-state index in [1.165, 1.54) is 44.6 Å². The number of hydrogen-bond acceptors (Lipinski definition) is 5. The molecule has 0 atom stereocenters. The quantitative estimate of drug-likeness (QED) is 0.323. The van der Waals surface area contributed by atoms with Gasteiger partial charge in [-0.15, -0.1) is 0 Å². The average Bonchev–Trinajstić information content (AvgIpc) is 3.76. The van der Waals surface area contributed by atoms with E-state index in [1.807, 2.05) is 6.08 Å². The monoisotopic (exact) mass is 547 g/mol. The van der Waals surface area contributed by atoms with Crippen molar-refractivity contribution in [3.05, 3.63) is 91.3 Å². The fraction of sp³-hybridized carbons (Fsp3) is 0.444. The second-order valence-electron chi connectivity index (χ2n) is 10.9. The van der Waals surface area contributed by atoms with Gasteiger partial charge in [0.05, 0.1) is 51.3 Å². The molecular weight excluding hydrogens is 502 g/mol. The third-order valence-electron chi connectivity index (χ3n) is 8.96. The Labute approximate surface area is 246 Å². The molecule has 0 spiro atoms. The Bertz CT molecular complexity index is 1580. The topological polar surface area (TPSA) is 75.5 Å². The van der Waals surface area contributed by atoms with Gasteiger partial charge in [-0.2, -0.15) is 0 Å². The van der Waals surface area contributed by atoms with Crippen LogP contribution in [0.15, 0.2) is 111 Å². The molecule has 0 amide bonds. The normalized spacial score (nSPS) is 20.6. The molecule has 214 valence electrons. The second kappa shape index (κ2) is 11.7. The van der Waals surface area contributed by atoms with Crippen LogP contribution in [0.3, 0.4) is 0 Å². The predicted molar refractivity (Wildman–Crippen MR) is 176 cm³/mol. The van der Waals surface area contributed by atoms with E-state index in [4.69, 9.17) is 25.7 Å². The highest BCUT2D eigenvalue weighted by Crippen LogP contribution is 2.43. The highest BCUT2D eigenvalue weighted by Gasteiger charge is 2.34. The largest absolute Gasteiger partial charge is 0.395 e. The van der Waals surface area contributed by atoms with Crippen LogP contribution in [0.1, 0.15) is 107 Å². The summed E-state index contributed by atoms with van der Waals surface area (Å²) in [5.74, 6) is 0. The zero-order valence-electron chi connectivity index (χ0n) is 26.3. The van der Waals surface area contributed by atoms with Crippen molar-refractivity contribution in [2.75, 3.05) is 0 Å². The van der Waals surface area contributed by atoms with Gasteiger partial charge in [0.1, 0.15) is 0 Å². The Morgan fingerprint density at radius 3 is 1.39 bits per heavy atom. The maximum atomic E-state index is 6.88. The Kier molecular flexibility index (Phi) is 8.26. The lowest BCUT2D eigenvalue weighted by atomic mass is 9.88. The summed E-state index contributed by atoms with van der Waals surface area (Å²) in [7, 11) is 0. The number of hydrogen-bond donors (Lipinski definition) is 1. The number of nitrogens with zero attached hydrogens (tertiary/aromatic N) is 4. The molecule has 5 nitrogen and oxygen atoms in total. The first kappa shape index (κ1) is 28.9. The van der Waals surface area contributed by atoms with E-state index in [0.29, 0.717) is 5.70 Å². The third-order valence-corrected chi connectivity index (χ3v) is 8.96. The molecule has 0 fully saturated rings. The minimum absolute atomic E-state index is 0.647. The SMILES string of the molecule is CCC1=C(CC)C2=C(CC)C3=NC(=C(CC)C4=NC(=C(N)C5=NC(=CC1=N2)C=C5)C(CC)=C4CC)C(CC)=C3CC. The van der Waals surface area contributed by atoms with Gasteiger partial charge in [0, 0.05) is 11.1 Å². The van der Waals surface area contributed by atoms with E-state index in [0.717, 1.165) is 97.0 Å². The second-order valence-corrected chi connectivity index (χ2v) is 10.9. The molecule has 41 heavy (non-hydrogen) atoms. The highest BCUT2D eigenvalue weighted by molar-refractivity contribution is 6.22. The Hall–Kier alpha value is -3.60. The predicted octanol–water partition coefficient (Wildman–Crippen LogP) is 9.11. The van der Waals surface area contributed by atoms with Gasteiger partial charge >= 0.3 is 0 Å². The molecule has 0 saturated heterocycles. The number of aliphatic imine (C=N–C) groups is 4. The molecule has 0 aromatic rings. The summed E-state index contributed by atoms with van der Waals surface area (Å²) in [6.07, 6.45) is 13.4. The van der Waals surface area contributed by atoms with Crippen LogP contribution in [0.5, 0.6) is 0 Å². The fourth-order valence-electron chi connectivity index (χ4n) is 7.02. The summed E-state index contributed by atoms with van der Waals surface area (Å²) >= 11 is 0. The smallest absolute Gasteiger partial charge is 0.0924 e. The van der Waals surface area contributed by atoms with Gasteiger partial charge in [0.25, 0.3) is 0 Å². The van der Waals surface area contributed by atoms with E-state index < -0.39 is 0 Å². The minimum atomic E-state index is 0.647. The molecule has 0 unspecified atom stereocenters. The maximum absolute atomic E-state index is 6.88. The van der Waals surface area contributed by atoms with Crippen molar-refractivity contribution in [3.63, 3.8) is 0 Å². The molecule has 0 aliphatic carbocycles. The number of rotatable bonds is 8. The zero-order chi connectivity index (χ0) is 29.4.